The molecule has 1 heterocycles. The van der Waals surface area contributed by atoms with Crippen molar-refractivity contribution in [1.29, 1.82) is 0 Å². The first-order valence-corrected chi connectivity index (χ1v) is 11.2. The Balaban J connectivity index is 1.47. The highest BCUT2D eigenvalue weighted by Crippen LogP contribution is 2.30. The van der Waals surface area contributed by atoms with Crippen LogP contribution in [0.2, 0.25) is 0 Å². The molecule has 0 bridgehead atoms. The topological polar surface area (TPSA) is 97.3 Å². The minimum absolute atomic E-state index is 0.0888. The van der Waals surface area contributed by atoms with E-state index in [0.717, 1.165) is 47.2 Å². The van der Waals surface area contributed by atoms with Crippen LogP contribution in [0.4, 0.5) is 0 Å². The number of nitrogens with one attached hydrogen (secondary N) is 1. The number of thiazole rings is 1. The Kier molecular flexibility index (Phi) is 6.01. The summed E-state index contributed by atoms with van der Waals surface area (Å²) in [6.45, 7) is 1.87. The second kappa shape index (κ2) is 8.85. The molecule has 30 heavy (non-hydrogen) atoms. The van der Waals surface area contributed by atoms with Gasteiger partial charge in [0.15, 0.2) is 0 Å². The summed E-state index contributed by atoms with van der Waals surface area (Å²) < 4.78 is 1.18. The molecule has 156 valence electrons. The van der Waals surface area contributed by atoms with Gasteiger partial charge in [0.2, 0.25) is 5.91 Å². The Morgan fingerprint density at radius 3 is 2.73 bits per heavy atom. The minimum atomic E-state index is 0.0888. The predicted octanol–water partition coefficient (Wildman–Crippen LogP) is 3.84. The predicted molar refractivity (Wildman–Crippen MR) is 123 cm³/mol. The molecule has 1 saturated carbocycles. The maximum atomic E-state index is 11.7. The van der Waals surface area contributed by atoms with Crippen molar-refractivity contribution in [2.24, 2.45) is 11.6 Å². The maximum Gasteiger partial charge on any atom is 0.219 e. The van der Waals surface area contributed by atoms with Crippen LogP contribution in [-0.2, 0) is 4.79 Å². The van der Waals surface area contributed by atoms with Gasteiger partial charge in [0.25, 0.3) is 0 Å². The third-order valence-corrected chi connectivity index (χ3v) is 6.56. The molecule has 1 aromatic heterocycles. The van der Waals surface area contributed by atoms with E-state index < -0.39 is 0 Å². The second-order valence-electron chi connectivity index (χ2n) is 7.66. The smallest absolute Gasteiger partial charge is 0.219 e. The zero-order chi connectivity index (χ0) is 21.1. The highest BCUT2D eigenvalue weighted by molar-refractivity contribution is 7.16. The van der Waals surface area contributed by atoms with Crippen molar-refractivity contribution < 1.29 is 4.79 Å². The van der Waals surface area contributed by atoms with Crippen molar-refractivity contribution in [3.05, 3.63) is 59.7 Å². The molecule has 1 aliphatic rings. The third kappa shape index (κ3) is 4.17. The lowest BCUT2D eigenvalue weighted by Crippen LogP contribution is -2.40. The monoisotopic (exact) mass is 421 g/mol. The molecule has 6 nitrogen and oxygen atoms in total. The molecule has 0 spiro atoms. The molecule has 1 fully saturated rings. The van der Waals surface area contributed by atoms with Crippen molar-refractivity contribution in [3.8, 4) is 11.1 Å². The van der Waals surface area contributed by atoms with Gasteiger partial charge < -0.3 is 16.1 Å². The van der Waals surface area contributed by atoms with E-state index in [1.54, 1.807) is 22.5 Å². The number of aromatic nitrogens is 1. The van der Waals surface area contributed by atoms with Gasteiger partial charge in [-0.15, -0.1) is 11.3 Å². The van der Waals surface area contributed by atoms with Gasteiger partial charge in [-0.2, -0.15) is 0 Å². The number of nitrogens with two attached hydrogens (primary N) is 2. The van der Waals surface area contributed by atoms with Crippen LogP contribution in [0.15, 0.2) is 54.2 Å². The average molecular weight is 422 g/mol. The van der Waals surface area contributed by atoms with E-state index >= 15 is 0 Å². The average Bonchev–Trinajstić information content (AvgIpc) is 3.43. The highest BCUT2D eigenvalue weighted by Gasteiger charge is 2.30. The Hall–Kier alpha value is -2.90. The van der Waals surface area contributed by atoms with Crippen LogP contribution in [0.1, 0.15) is 38.2 Å². The standard InChI is InChI=1S/C23H27N5OS/c1-2-23(29)27-18-8-9-19(12-18)28(25)21(13-24)16-5-3-15(4-6-16)17-7-10-20-22(11-17)30-14-26-20/h3-7,10-11,13-14,18-19H,2,8-9,12,24-25H2,1H3,(H,27,29)/b21-13-/t18-,19+/m0/s1. The number of hydrogen-bond acceptors (Lipinski definition) is 6. The fourth-order valence-electron chi connectivity index (χ4n) is 4.07. The molecule has 0 radical (unpaired) electrons. The number of amides is 1. The van der Waals surface area contributed by atoms with Crippen LogP contribution in [0, 0.1) is 0 Å². The van der Waals surface area contributed by atoms with Gasteiger partial charge in [0, 0.05) is 30.3 Å². The van der Waals surface area contributed by atoms with E-state index in [9.17, 15) is 4.79 Å². The van der Waals surface area contributed by atoms with E-state index in [1.807, 2.05) is 12.4 Å². The molecular weight excluding hydrogens is 394 g/mol. The van der Waals surface area contributed by atoms with Crippen LogP contribution in [0.25, 0.3) is 27.0 Å². The van der Waals surface area contributed by atoms with Gasteiger partial charge in [-0.1, -0.05) is 37.3 Å². The number of benzene rings is 2. The van der Waals surface area contributed by atoms with Gasteiger partial charge in [-0.25, -0.2) is 10.8 Å². The van der Waals surface area contributed by atoms with Crippen LogP contribution in [0.5, 0.6) is 0 Å². The Morgan fingerprint density at radius 2 is 2.00 bits per heavy atom. The normalized spacial score (nSPS) is 19.2. The summed E-state index contributed by atoms with van der Waals surface area (Å²) in [4.78, 5) is 16.0. The van der Waals surface area contributed by atoms with E-state index in [-0.39, 0.29) is 18.0 Å². The summed E-state index contributed by atoms with van der Waals surface area (Å²) in [5.74, 6) is 6.55. The molecule has 7 heteroatoms. The molecule has 5 N–H and O–H groups in total. The molecule has 0 unspecified atom stereocenters. The lowest BCUT2D eigenvalue weighted by molar-refractivity contribution is -0.121. The van der Waals surface area contributed by atoms with Gasteiger partial charge in [-0.3, -0.25) is 4.79 Å². The van der Waals surface area contributed by atoms with Gasteiger partial charge >= 0.3 is 0 Å². The quantitative estimate of drug-likeness (QED) is 0.415. The number of hydrazine groups is 1. The van der Waals surface area contributed by atoms with Crippen molar-refractivity contribution >= 4 is 33.2 Å². The van der Waals surface area contributed by atoms with Crippen LogP contribution < -0.4 is 16.9 Å². The Morgan fingerprint density at radius 1 is 1.23 bits per heavy atom. The Bertz CT molecular complexity index is 1060. The van der Waals surface area contributed by atoms with Crippen LogP contribution in [0.3, 0.4) is 0 Å². The van der Waals surface area contributed by atoms with E-state index in [4.69, 9.17) is 11.6 Å². The first-order chi connectivity index (χ1) is 14.6. The molecule has 4 rings (SSSR count). The molecule has 2 aromatic carbocycles. The molecule has 1 amide bonds. The maximum absolute atomic E-state index is 11.7. The number of carbonyl (C=O) groups excluding carboxylic acids is 1. The van der Waals surface area contributed by atoms with E-state index in [2.05, 4.69) is 52.8 Å². The number of carbonyl (C=O) groups is 1. The molecule has 0 aliphatic heterocycles. The van der Waals surface area contributed by atoms with Crippen molar-refractivity contribution in [1.82, 2.24) is 15.3 Å². The van der Waals surface area contributed by atoms with Gasteiger partial charge in [-0.05, 0) is 42.5 Å². The third-order valence-electron chi connectivity index (χ3n) is 5.77. The first-order valence-electron chi connectivity index (χ1n) is 10.3. The molecule has 2 atom stereocenters. The number of rotatable bonds is 6. The second-order valence-corrected chi connectivity index (χ2v) is 8.54. The van der Waals surface area contributed by atoms with E-state index in [0.29, 0.717) is 6.42 Å². The number of fused-ring (bicyclic) bond motifs is 1. The van der Waals surface area contributed by atoms with Crippen molar-refractivity contribution in [3.63, 3.8) is 0 Å². The van der Waals surface area contributed by atoms with Gasteiger partial charge in [0.1, 0.15) is 0 Å². The highest BCUT2D eigenvalue weighted by atomic mass is 32.1. The van der Waals surface area contributed by atoms with Crippen LogP contribution >= 0.6 is 11.3 Å². The molecular formula is C23H27N5OS. The summed E-state index contributed by atoms with van der Waals surface area (Å²) >= 11 is 1.64. The fraction of sp³-hybridized carbons (Fsp3) is 0.304. The molecule has 0 saturated heterocycles. The minimum Gasteiger partial charge on any atom is -0.403 e. The van der Waals surface area contributed by atoms with Crippen molar-refractivity contribution in [2.45, 2.75) is 44.7 Å². The summed E-state index contributed by atoms with van der Waals surface area (Å²) in [5.41, 5.74) is 12.9. The lowest BCUT2D eigenvalue weighted by Gasteiger charge is -2.28. The summed E-state index contributed by atoms with van der Waals surface area (Å²) in [6.07, 6.45) is 4.75. The van der Waals surface area contributed by atoms with Crippen molar-refractivity contribution in [2.75, 3.05) is 0 Å². The SMILES string of the molecule is CCC(=O)N[C@H]1CC[C@@H](N(N)/C(=C\N)c2ccc(-c3ccc4ncsc4c3)cc2)C1. The fourth-order valence-corrected chi connectivity index (χ4v) is 4.78. The van der Waals surface area contributed by atoms with E-state index in [1.165, 1.54) is 4.70 Å². The largest absolute Gasteiger partial charge is 0.403 e. The van der Waals surface area contributed by atoms with Crippen LogP contribution in [-0.4, -0.2) is 28.0 Å². The zero-order valence-electron chi connectivity index (χ0n) is 17.0. The summed E-state index contributed by atoms with van der Waals surface area (Å²) in [7, 11) is 0. The first kappa shape index (κ1) is 20.4. The lowest BCUT2D eigenvalue weighted by atomic mass is 10.0. The summed E-state index contributed by atoms with van der Waals surface area (Å²) in [6, 6.07) is 14.9. The van der Waals surface area contributed by atoms with Gasteiger partial charge in [0.05, 0.1) is 21.4 Å². The summed E-state index contributed by atoms with van der Waals surface area (Å²) in [5, 5.41) is 4.83. The molecule has 1 aliphatic carbocycles. The molecule has 3 aromatic rings. The Labute approximate surface area is 180 Å². The zero-order valence-corrected chi connectivity index (χ0v) is 17.9. The number of hydrogen-bond donors (Lipinski definition) is 3. The number of nitrogens with zero attached hydrogens (tertiary/aromatic N) is 2.